The molecule has 6 nitrogen and oxygen atoms in total. The molecule has 4 rings (SSSR count). The first-order chi connectivity index (χ1) is 13.6. The molecule has 0 aliphatic carbocycles. The van der Waals surface area contributed by atoms with Crippen LogP contribution >= 0.6 is 0 Å². The fourth-order valence-corrected chi connectivity index (χ4v) is 4.00. The third-order valence-electron chi connectivity index (χ3n) is 5.60. The highest BCUT2D eigenvalue weighted by Gasteiger charge is 2.43. The van der Waals surface area contributed by atoms with Gasteiger partial charge in [0.05, 0.1) is 0 Å². The van der Waals surface area contributed by atoms with E-state index in [9.17, 15) is 14.7 Å². The Labute approximate surface area is 164 Å². The first-order valence-electron chi connectivity index (χ1n) is 9.75. The summed E-state index contributed by atoms with van der Waals surface area (Å²) >= 11 is 0. The van der Waals surface area contributed by atoms with Gasteiger partial charge in [0.1, 0.15) is 17.8 Å². The number of carbonyl (C=O) groups excluding carboxylic acids is 2. The highest BCUT2D eigenvalue weighted by Crippen LogP contribution is 2.19. The molecule has 0 saturated carbocycles. The van der Waals surface area contributed by atoms with Crippen LogP contribution in [0.4, 0.5) is 0 Å². The van der Waals surface area contributed by atoms with E-state index in [1.54, 1.807) is 29.2 Å². The third kappa shape index (κ3) is 4.02. The SMILES string of the molecule is O=C1N[C@H](Cc2ccc(O)cc2)C(=O)N2CCN(CCc3ccccc3)C[C@H]12. The Morgan fingerprint density at radius 1 is 0.964 bits per heavy atom. The minimum Gasteiger partial charge on any atom is -0.508 e. The monoisotopic (exact) mass is 379 g/mol. The van der Waals surface area contributed by atoms with Crippen LogP contribution in [-0.2, 0) is 22.4 Å². The second kappa shape index (κ2) is 8.02. The lowest BCUT2D eigenvalue weighted by Crippen LogP contribution is -2.69. The van der Waals surface area contributed by atoms with E-state index in [-0.39, 0.29) is 17.6 Å². The number of nitrogens with one attached hydrogen (secondary N) is 1. The number of amides is 2. The Kier molecular flexibility index (Phi) is 5.30. The zero-order valence-electron chi connectivity index (χ0n) is 15.8. The van der Waals surface area contributed by atoms with Gasteiger partial charge in [-0.3, -0.25) is 14.5 Å². The summed E-state index contributed by atoms with van der Waals surface area (Å²) in [5.41, 5.74) is 2.19. The molecule has 2 aromatic rings. The summed E-state index contributed by atoms with van der Waals surface area (Å²) < 4.78 is 0. The fraction of sp³-hybridized carbons (Fsp3) is 0.364. The lowest BCUT2D eigenvalue weighted by atomic mass is 9.98. The lowest BCUT2D eigenvalue weighted by molar-refractivity contribution is -0.152. The highest BCUT2D eigenvalue weighted by atomic mass is 16.3. The van der Waals surface area contributed by atoms with Crippen LogP contribution in [0.15, 0.2) is 54.6 Å². The highest BCUT2D eigenvalue weighted by molar-refractivity contribution is 5.97. The van der Waals surface area contributed by atoms with Crippen molar-refractivity contribution in [3.63, 3.8) is 0 Å². The molecule has 0 bridgehead atoms. The van der Waals surface area contributed by atoms with Crippen molar-refractivity contribution in [2.24, 2.45) is 0 Å². The van der Waals surface area contributed by atoms with Gasteiger partial charge < -0.3 is 15.3 Å². The van der Waals surface area contributed by atoms with Gasteiger partial charge in [-0.15, -0.1) is 0 Å². The van der Waals surface area contributed by atoms with Gasteiger partial charge in [-0.2, -0.15) is 0 Å². The molecule has 0 radical (unpaired) electrons. The molecule has 146 valence electrons. The van der Waals surface area contributed by atoms with Crippen molar-refractivity contribution < 1.29 is 14.7 Å². The van der Waals surface area contributed by atoms with Crippen molar-refractivity contribution in [1.82, 2.24) is 15.1 Å². The predicted molar refractivity (Wildman–Crippen MR) is 106 cm³/mol. The molecule has 2 N–H and O–H groups in total. The first-order valence-corrected chi connectivity index (χ1v) is 9.75. The van der Waals surface area contributed by atoms with E-state index < -0.39 is 12.1 Å². The van der Waals surface area contributed by atoms with Gasteiger partial charge in [0.15, 0.2) is 0 Å². The molecule has 0 unspecified atom stereocenters. The molecule has 2 aliphatic rings. The van der Waals surface area contributed by atoms with Gasteiger partial charge in [0, 0.05) is 32.6 Å². The standard InChI is InChI=1S/C22H25N3O3/c26-18-8-6-17(7-9-18)14-19-22(28)25-13-12-24(15-20(25)21(27)23-19)11-10-16-4-2-1-3-5-16/h1-9,19-20,26H,10-15H2,(H,23,27)/t19-,20-/m1/s1. The number of hydrogen-bond acceptors (Lipinski definition) is 4. The average Bonchev–Trinajstić information content (AvgIpc) is 2.72. The minimum atomic E-state index is -0.538. The fourth-order valence-electron chi connectivity index (χ4n) is 4.00. The predicted octanol–water partition coefficient (Wildman–Crippen LogP) is 1.19. The molecule has 6 heteroatoms. The van der Waals surface area contributed by atoms with Crippen molar-refractivity contribution in [3.05, 3.63) is 65.7 Å². The molecule has 2 aromatic carbocycles. The number of phenolic OH excluding ortho intramolecular Hbond substituents is 1. The smallest absolute Gasteiger partial charge is 0.246 e. The summed E-state index contributed by atoms with van der Waals surface area (Å²) in [6.07, 6.45) is 1.37. The molecule has 2 aliphatic heterocycles. The van der Waals surface area contributed by atoms with E-state index in [1.165, 1.54) is 5.56 Å². The van der Waals surface area contributed by atoms with E-state index in [0.29, 0.717) is 19.5 Å². The molecule has 0 spiro atoms. The van der Waals surface area contributed by atoms with Gasteiger partial charge in [0.2, 0.25) is 11.8 Å². The topological polar surface area (TPSA) is 72.9 Å². The van der Waals surface area contributed by atoms with Gasteiger partial charge in [-0.05, 0) is 29.7 Å². The first kappa shape index (κ1) is 18.5. The number of phenols is 1. The Balaban J connectivity index is 1.36. The van der Waals surface area contributed by atoms with Crippen LogP contribution in [-0.4, -0.2) is 65.0 Å². The maximum absolute atomic E-state index is 12.9. The van der Waals surface area contributed by atoms with Crippen LogP contribution in [0.25, 0.3) is 0 Å². The summed E-state index contributed by atoms with van der Waals surface area (Å²) in [7, 11) is 0. The van der Waals surface area contributed by atoms with Crippen LogP contribution in [0, 0.1) is 0 Å². The van der Waals surface area contributed by atoms with Crippen molar-refractivity contribution in [2.45, 2.75) is 24.9 Å². The van der Waals surface area contributed by atoms with E-state index >= 15 is 0 Å². The molecule has 2 saturated heterocycles. The zero-order chi connectivity index (χ0) is 19.5. The van der Waals surface area contributed by atoms with Gasteiger partial charge in [0.25, 0.3) is 0 Å². The Morgan fingerprint density at radius 3 is 2.46 bits per heavy atom. The number of nitrogens with zero attached hydrogens (tertiary/aromatic N) is 2. The number of rotatable bonds is 5. The van der Waals surface area contributed by atoms with Gasteiger partial charge in [-0.1, -0.05) is 42.5 Å². The maximum atomic E-state index is 12.9. The molecule has 0 aromatic heterocycles. The van der Waals surface area contributed by atoms with E-state index in [4.69, 9.17) is 0 Å². The van der Waals surface area contributed by atoms with Crippen molar-refractivity contribution in [2.75, 3.05) is 26.2 Å². The Hall–Kier alpha value is -2.86. The number of piperazine rings is 2. The summed E-state index contributed by atoms with van der Waals surface area (Å²) in [5, 5.41) is 12.3. The van der Waals surface area contributed by atoms with E-state index in [2.05, 4.69) is 22.3 Å². The third-order valence-corrected chi connectivity index (χ3v) is 5.60. The van der Waals surface area contributed by atoms with Crippen LogP contribution < -0.4 is 5.32 Å². The molecule has 28 heavy (non-hydrogen) atoms. The zero-order valence-corrected chi connectivity index (χ0v) is 15.8. The van der Waals surface area contributed by atoms with Crippen LogP contribution in [0.5, 0.6) is 5.75 Å². The van der Waals surface area contributed by atoms with Crippen molar-refractivity contribution >= 4 is 11.8 Å². The second-order valence-corrected chi connectivity index (χ2v) is 7.52. The number of hydrogen-bond donors (Lipinski definition) is 2. The van der Waals surface area contributed by atoms with Crippen LogP contribution in [0.1, 0.15) is 11.1 Å². The van der Waals surface area contributed by atoms with Gasteiger partial charge in [-0.25, -0.2) is 0 Å². The summed E-state index contributed by atoms with van der Waals surface area (Å²) in [4.78, 5) is 29.6. The van der Waals surface area contributed by atoms with Gasteiger partial charge >= 0.3 is 0 Å². The van der Waals surface area contributed by atoms with Crippen LogP contribution in [0.3, 0.4) is 0 Å². The largest absolute Gasteiger partial charge is 0.508 e. The van der Waals surface area contributed by atoms with Crippen molar-refractivity contribution in [1.29, 1.82) is 0 Å². The second-order valence-electron chi connectivity index (χ2n) is 7.52. The number of fused-ring (bicyclic) bond motifs is 1. The van der Waals surface area contributed by atoms with Crippen molar-refractivity contribution in [3.8, 4) is 5.75 Å². The summed E-state index contributed by atoms with van der Waals surface area (Å²) in [6, 6.07) is 16.1. The summed E-state index contributed by atoms with van der Waals surface area (Å²) in [6.45, 7) is 2.83. The Bertz CT molecular complexity index is 838. The molecule has 2 fully saturated rings. The minimum absolute atomic E-state index is 0.0135. The molecule has 2 atom stereocenters. The normalized spacial score (nSPS) is 22.6. The molecule has 2 heterocycles. The number of benzene rings is 2. The van der Waals surface area contributed by atoms with Crippen LogP contribution in [0.2, 0.25) is 0 Å². The maximum Gasteiger partial charge on any atom is 0.246 e. The number of aromatic hydroxyl groups is 1. The lowest BCUT2D eigenvalue weighted by Gasteiger charge is -2.45. The average molecular weight is 379 g/mol. The quantitative estimate of drug-likeness (QED) is 0.819. The Morgan fingerprint density at radius 2 is 1.71 bits per heavy atom. The molecule has 2 amide bonds. The molecular formula is C22H25N3O3. The summed E-state index contributed by atoms with van der Waals surface area (Å²) in [5.74, 6) is 0.0996. The molecular weight excluding hydrogens is 354 g/mol. The number of carbonyl (C=O) groups is 2. The van der Waals surface area contributed by atoms with E-state index in [1.807, 2.05) is 18.2 Å². The van der Waals surface area contributed by atoms with E-state index in [0.717, 1.165) is 25.1 Å².